The summed E-state index contributed by atoms with van der Waals surface area (Å²) < 4.78 is 73.1. The van der Waals surface area contributed by atoms with Crippen LogP contribution in [0.15, 0.2) is 36.7 Å². The molecule has 44 heavy (non-hydrogen) atoms. The lowest BCUT2D eigenvalue weighted by molar-refractivity contribution is -0.144. The molecule has 5 rings (SSSR count). The number of hydrogen-bond acceptors (Lipinski definition) is 6. The van der Waals surface area contributed by atoms with Crippen molar-refractivity contribution in [2.45, 2.75) is 95.5 Å². The Morgan fingerprint density at radius 1 is 1.05 bits per heavy atom. The number of imidazole rings is 1. The molecule has 238 valence electrons. The minimum atomic E-state index is -4.43. The summed E-state index contributed by atoms with van der Waals surface area (Å²) in [6, 6.07) is 5.28. The van der Waals surface area contributed by atoms with E-state index in [-0.39, 0.29) is 55.2 Å². The molecule has 2 saturated carbocycles. The van der Waals surface area contributed by atoms with Crippen molar-refractivity contribution >= 4 is 17.5 Å². The van der Waals surface area contributed by atoms with Crippen LogP contribution in [0.25, 0.3) is 5.65 Å². The average molecular weight is 623 g/mol. The molecule has 2 N–H and O–H groups in total. The van der Waals surface area contributed by atoms with Gasteiger partial charge in [-0.05, 0) is 69.1 Å². The Bertz CT molecular complexity index is 1480. The van der Waals surface area contributed by atoms with Crippen LogP contribution in [0.2, 0.25) is 0 Å². The third-order valence-electron chi connectivity index (χ3n) is 7.92. The van der Waals surface area contributed by atoms with E-state index in [1.165, 1.54) is 16.8 Å². The molecular formula is C30H35F5N6O3. The maximum atomic E-state index is 14.0. The van der Waals surface area contributed by atoms with Crippen molar-refractivity contribution < 1.29 is 36.3 Å². The van der Waals surface area contributed by atoms with Crippen molar-refractivity contribution in [2.24, 2.45) is 11.8 Å². The predicted molar refractivity (Wildman–Crippen MR) is 149 cm³/mol. The number of nitrogens with zero attached hydrogens (tertiary/aromatic N) is 4. The molecule has 3 aromatic heterocycles. The standard InChI is InChI=1S/C30H35F5N6O3/c1-17(2)44-25-5-3-4-21(38-25)28(43)40-27(19-8-11-29(31,32)12-9-19)22-16-41-23(37-22)14-20(15-36-41)26(18-6-7-18)39-24(42)10-13-30(33,34)35/h3-5,14-19,26-27H,6-13H2,1-2H3,(H,39,42)(H,40,43)/t26-,27+/m1/s1. The quantitative estimate of drug-likeness (QED) is 0.250. The predicted octanol–water partition coefficient (Wildman–Crippen LogP) is 6.12. The zero-order valence-corrected chi connectivity index (χ0v) is 24.4. The van der Waals surface area contributed by atoms with E-state index in [2.05, 4.69) is 20.7 Å². The molecule has 3 heterocycles. The molecule has 0 saturated heterocycles. The van der Waals surface area contributed by atoms with Crippen molar-refractivity contribution in [1.29, 1.82) is 0 Å². The zero-order valence-electron chi connectivity index (χ0n) is 24.4. The fourth-order valence-corrected chi connectivity index (χ4v) is 5.53. The molecule has 0 aromatic carbocycles. The number of rotatable bonds is 11. The van der Waals surface area contributed by atoms with Gasteiger partial charge in [0.1, 0.15) is 5.69 Å². The lowest BCUT2D eigenvalue weighted by atomic mass is 9.81. The number of amides is 2. The van der Waals surface area contributed by atoms with Crippen LogP contribution in [0, 0.1) is 11.8 Å². The molecule has 2 aliphatic carbocycles. The molecule has 2 fully saturated rings. The smallest absolute Gasteiger partial charge is 0.389 e. The third-order valence-corrected chi connectivity index (χ3v) is 7.92. The summed E-state index contributed by atoms with van der Waals surface area (Å²) in [5.41, 5.74) is 1.51. The minimum absolute atomic E-state index is 0.0717. The van der Waals surface area contributed by atoms with Gasteiger partial charge in [0, 0.05) is 25.3 Å². The highest BCUT2D eigenvalue weighted by Crippen LogP contribution is 2.43. The first-order valence-electron chi connectivity index (χ1n) is 14.8. The highest BCUT2D eigenvalue weighted by molar-refractivity contribution is 5.92. The molecule has 0 aliphatic heterocycles. The maximum Gasteiger partial charge on any atom is 0.389 e. The Morgan fingerprint density at radius 3 is 2.41 bits per heavy atom. The summed E-state index contributed by atoms with van der Waals surface area (Å²) in [4.78, 5) is 34.6. The van der Waals surface area contributed by atoms with Crippen molar-refractivity contribution in [2.75, 3.05) is 0 Å². The Morgan fingerprint density at radius 2 is 1.75 bits per heavy atom. The highest BCUT2D eigenvalue weighted by Gasteiger charge is 2.40. The lowest BCUT2D eigenvalue weighted by Gasteiger charge is -2.33. The van der Waals surface area contributed by atoms with E-state index in [1.54, 1.807) is 24.4 Å². The van der Waals surface area contributed by atoms with Gasteiger partial charge in [-0.3, -0.25) is 9.59 Å². The molecule has 0 radical (unpaired) electrons. The summed E-state index contributed by atoms with van der Waals surface area (Å²) in [7, 11) is 0. The Balaban J connectivity index is 1.39. The van der Waals surface area contributed by atoms with Crippen LogP contribution in [0.3, 0.4) is 0 Å². The van der Waals surface area contributed by atoms with Gasteiger partial charge in [0.05, 0.1) is 42.7 Å². The van der Waals surface area contributed by atoms with Crippen LogP contribution >= 0.6 is 0 Å². The van der Waals surface area contributed by atoms with Gasteiger partial charge in [-0.1, -0.05) is 6.07 Å². The van der Waals surface area contributed by atoms with Gasteiger partial charge in [-0.15, -0.1) is 0 Å². The summed E-state index contributed by atoms with van der Waals surface area (Å²) in [5.74, 6) is -3.96. The second-order valence-corrected chi connectivity index (χ2v) is 11.9. The summed E-state index contributed by atoms with van der Waals surface area (Å²) >= 11 is 0. The molecule has 0 bridgehead atoms. The minimum Gasteiger partial charge on any atom is -0.475 e. The number of hydrogen-bond donors (Lipinski definition) is 2. The molecule has 9 nitrogen and oxygen atoms in total. The van der Waals surface area contributed by atoms with Gasteiger partial charge >= 0.3 is 6.18 Å². The fourth-order valence-electron chi connectivity index (χ4n) is 5.53. The van der Waals surface area contributed by atoms with Crippen molar-refractivity contribution in [1.82, 2.24) is 30.2 Å². The first-order chi connectivity index (χ1) is 20.8. The van der Waals surface area contributed by atoms with Gasteiger partial charge in [-0.25, -0.2) is 23.3 Å². The second kappa shape index (κ2) is 12.6. The van der Waals surface area contributed by atoms with E-state index >= 15 is 0 Å². The number of nitrogens with one attached hydrogen (secondary N) is 2. The topological polar surface area (TPSA) is 111 Å². The number of fused-ring (bicyclic) bond motifs is 1. The van der Waals surface area contributed by atoms with Crippen molar-refractivity contribution in [3.05, 3.63) is 53.6 Å². The van der Waals surface area contributed by atoms with Crippen molar-refractivity contribution in [3.8, 4) is 5.88 Å². The van der Waals surface area contributed by atoms with Crippen LogP contribution < -0.4 is 15.4 Å². The van der Waals surface area contributed by atoms with E-state index in [1.807, 2.05) is 13.8 Å². The fraction of sp³-hybridized carbons (Fsp3) is 0.567. The van der Waals surface area contributed by atoms with Gasteiger partial charge in [-0.2, -0.15) is 18.3 Å². The zero-order chi connectivity index (χ0) is 31.6. The number of ether oxygens (including phenoxy) is 1. The first-order valence-corrected chi connectivity index (χ1v) is 14.8. The summed E-state index contributed by atoms with van der Waals surface area (Å²) in [6.07, 6.45) is -1.97. The van der Waals surface area contributed by atoms with E-state index < -0.39 is 48.8 Å². The molecule has 2 amide bonds. The summed E-state index contributed by atoms with van der Waals surface area (Å²) in [6.45, 7) is 3.67. The number of pyridine rings is 1. The highest BCUT2D eigenvalue weighted by atomic mass is 19.4. The normalized spacial score (nSPS) is 18.6. The van der Waals surface area contributed by atoms with Crippen LogP contribution in [-0.2, 0) is 4.79 Å². The van der Waals surface area contributed by atoms with E-state index in [4.69, 9.17) is 9.72 Å². The number of halogens is 5. The molecule has 3 aromatic rings. The van der Waals surface area contributed by atoms with E-state index in [0.717, 1.165) is 12.8 Å². The Hall–Kier alpha value is -3.84. The lowest BCUT2D eigenvalue weighted by Crippen LogP contribution is -2.37. The number of carbonyl (C=O) groups excluding carboxylic acids is 2. The second-order valence-electron chi connectivity index (χ2n) is 11.9. The average Bonchev–Trinajstić information content (AvgIpc) is 3.71. The molecule has 0 unspecified atom stereocenters. The van der Waals surface area contributed by atoms with Crippen molar-refractivity contribution in [3.63, 3.8) is 0 Å². The van der Waals surface area contributed by atoms with Gasteiger partial charge < -0.3 is 15.4 Å². The van der Waals surface area contributed by atoms with E-state index in [0.29, 0.717) is 16.9 Å². The first kappa shape index (κ1) is 31.6. The molecule has 2 atom stereocenters. The SMILES string of the molecule is CC(C)Oc1cccc(C(=O)N[C@H](c2cn3ncc([C@H](NC(=O)CCC(F)(F)F)C4CC4)cc3n2)C2CCC(F)(F)CC2)n1. The Kier molecular flexibility index (Phi) is 9.07. The van der Waals surface area contributed by atoms with Gasteiger partial charge in [0.25, 0.3) is 5.91 Å². The van der Waals surface area contributed by atoms with Crippen LogP contribution in [0.4, 0.5) is 22.0 Å². The third kappa shape index (κ3) is 8.20. The number of carbonyl (C=O) groups is 2. The molecule has 0 spiro atoms. The van der Waals surface area contributed by atoms with Gasteiger partial charge in [0.15, 0.2) is 5.65 Å². The molecule has 14 heteroatoms. The van der Waals surface area contributed by atoms with E-state index in [9.17, 15) is 31.5 Å². The van der Waals surface area contributed by atoms with Crippen LogP contribution in [-0.4, -0.2) is 49.6 Å². The largest absolute Gasteiger partial charge is 0.475 e. The number of alkyl halides is 5. The Labute approximate surface area is 251 Å². The monoisotopic (exact) mass is 622 g/mol. The number of aromatic nitrogens is 4. The maximum absolute atomic E-state index is 14.0. The molecule has 2 aliphatic rings. The van der Waals surface area contributed by atoms with Gasteiger partial charge in [0.2, 0.25) is 17.7 Å². The van der Waals surface area contributed by atoms with Crippen LogP contribution in [0.1, 0.15) is 99.0 Å². The summed E-state index contributed by atoms with van der Waals surface area (Å²) in [5, 5.41) is 10.1. The van der Waals surface area contributed by atoms with Crippen LogP contribution in [0.5, 0.6) is 5.88 Å². The molecular weight excluding hydrogens is 587 g/mol.